The van der Waals surface area contributed by atoms with E-state index in [0.29, 0.717) is 12.2 Å². The number of carbonyl (C=O) groups excluding carboxylic acids is 1. The monoisotopic (exact) mass is 444 g/mol. The largest absolute Gasteiger partial charge is 0.480 e. The van der Waals surface area contributed by atoms with E-state index in [9.17, 15) is 9.59 Å². The van der Waals surface area contributed by atoms with Crippen LogP contribution in [-0.2, 0) is 9.53 Å². The summed E-state index contributed by atoms with van der Waals surface area (Å²) in [5, 5.41) is 12.9. The fourth-order valence-corrected chi connectivity index (χ4v) is 4.50. The number of nitrogens with one attached hydrogen (secondary N) is 1. The van der Waals surface area contributed by atoms with Gasteiger partial charge >= 0.3 is 12.1 Å². The van der Waals surface area contributed by atoms with Gasteiger partial charge in [-0.1, -0.05) is 38.5 Å². The van der Waals surface area contributed by atoms with Gasteiger partial charge in [0.05, 0.1) is 0 Å². The van der Waals surface area contributed by atoms with E-state index in [0.717, 1.165) is 17.0 Å². The maximum Gasteiger partial charge on any atom is 0.410 e. The van der Waals surface area contributed by atoms with Crippen LogP contribution in [0.5, 0.6) is 0 Å². The number of carboxylic acids is 1. The molecule has 0 aromatic rings. The summed E-state index contributed by atoms with van der Waals surface area (Å²) in [5.74, 6) is -0.322. The summed E-state index contributed by atoms with van der Waals surface area (Å²) in [6, 6.07) is 0.908. The molecule has 0 aliphatic heterocycles. The second kappa shape index (κ2) is 14.2. The number of rotatable bonds is 7. The van der Waals surface area contributed by atoms with E-state index in [4.69, 9.17) is 9.84 Å². The molecule has 2 saturated carbocycles. The van der Waals surface area contributed by atoms with Crippen LogP contribution in [0.1, 0.15) is 91.4 Å². The Morgan fingerprint density at radius 2 is 1.50 bits per heavy atom. The van der Waals surface area contributed by atoms with Crippen molar-refractivity contribution in [3.8, 4) is 0 Å². The van der Waals surface area contributed by atoms with Gasteiger partial charge in [-0.3, -0.25) is 4.90 Å². The molecule has 2 fully saturated rings. The minimum atomic E-state index is -1.01. The molecule has 7 heteroatoms. The molecule has 2 rings (SSSR count). The van der Waals surface area contributed by atoms with Crippen molar-refractivity contribution in [2.45, 2.75) is 115 Å². The average Bonchev–Trinajstić information content (AvgIpc) is 2.68. The summed E-state index contributed by atoms with van der Waals surface area (Å²) >= 11 is 1.55. The third kappa shape index (κ3) is 11.4. The molecule has 1 amide bonds. The van der Waals surface area contributed by atoms with Crippen LogP contribution in [0.4, 0.5) is 4.79 Å². The van der Waals surface area contributed by atoms with Gasteiger partial charge in [-0.2, -0.15) is 11.8 Å². The lowest BCUT2D eigenvalue weighted by Crippen LogP contribution is -2.45. The smallest absolute Gasteiger partial charge is 0.410 e. The van der Waals surface area contributed by atoms with Crippen LogP contribution in [0.25, 0.3) is 0 Å². The van der Waals surface area contributed by atoms with Crippen LogP contribution in [0.2, 0.25) is 0 Å². The van der Waals surface area contributed by atoms with Gasteiger partial charge in [-0.05, 0) is 64.9 Å². The first-order valence-electron chi connectivity index (χ1n) is 11.6. The SMILES string of the molecule is C1CCC(NC2CCCCC2)CC1.CSCC[C@@H](C(=O)O)N(C)C(=O)OC(C)(C)C. The molecule has 30 heavy (non-hydrogen) atoms. The summed E-state index contributed by atoms with van der Waals surface area (Å²) in [5.41, 5.74) is -0.617. The molecule has 2 aliphatic carbocycles. The van der Waals surface area contributed by atoms with Crippen LogP contribution in [-0.4, -0.2) is 64.9 Å². The van der Waals surface area contributed by atoms with E-state index in [2.05, 4.69) is 5.32 Å². The summed E-state index contributed by atoms with van der Waals surface area (Å²) < 4.78 is 5.13. The highest BCUT2D eigenvalue weighted by atomic mass is 32.2. The highest BCUT2D eigenvalue weighted by Gasteiger charge is 2.29. The molecule has 0 saturated heterocycles. The average molecular weight is 445 g/mol. The first-order valence-corrected chi connectivity index (χ1v) is 13.0. The molecule has 0 aromatic carbocycles. The Morgan fingerprint density at radius 1 is 1.03 bits per heavy atom. The van der Waals surface area contributed by atoms with Crippen LogP contribution >= 0.6 is 11.8 Å². The number of hydrogen-bond donors (Lipinski definition) is 2. The third-order valence-corrected chi connectivity index (χ3v) is 6.36. The third-order valence-electron chi connectivity index (χ3n) is 5.71. The highest BCUT2D eigenvalue weighted by molar-refractivity contribution is 7.98. The Balaban J connectivity index is 0.000000308. The van der Waals surface area contributed by atoms with Crippen molar-refractivity contribution in [1.82, 2.24) is 10.2 Å². The molecule has 0 unspecified atom stereocenters. The van der Waals surface area contributed by atoms with Gasteiger partial charge in [0, 0.05) is 19.1 Å². The Bertz CT molecular complexity index is 482. The van der Waals surface area contributed by atoms with Gasteiger partial charge in [0.1, 0.15) is 11.6 Å². The zero-order valence-electron chi connectivity index (χ0n) is 19.7. The standard InChI is InChI=1S/C12H23N.C11H21NO4S/c1-3-7-11(8-4-1)13-12-9-5-2-6-10-12;1-11(2,3)16-10(15)12(4)8(9(13)14)6-7-17-5/h11-13H,1-10H2;8H,6-7H2,1-5H3,(H,13,14)/t;8-/m.0/s1. The van der Waals surface area contributed by atoms with Crippen LogP contribution in [0.15, 0.2) is 0 Å². The van der Waals surface area contributed by atoms with E-state index in [1.807, 2.05) is 6.26 Å². The van der Waals surface area contributed by atoms with E-state index in [-0.39, 0.29) is 0 Å². The van der Waals surface area contributed by atoms with Crippen molar-refractivity contribution in [2.75, 3.05) is 19.1 Å². The second-order valence-electron chi connectivity index (χ2n) is 9.56. The number of thioether (sulfide) groups is 1. The maximum absolute atomic E-state index is 11.7. The highest BCUT2D eigenvalue weighted by Crippen LogP contribution is 2.22. The van der Waals surface area contributed by atoms with E-state index < -0.39 is 23.7 Å². The lowest BCUT2D eigenvalue weighted by atomic mass is 9.91. The van der Waals surface area contributed by atoms with Crippen molar-refractivity contribution in [1.29, 1.82) is 0 Å². The lowest BCUT2D eigenvalue weighted by Gasteiger charge is -2.30. The number of carbonyl (C=O) groups is 2. The molecular weight excluding hydrogens is 400 g/mol. The van der Waals surface area contributed by atoms with Crippen molar-refractivity contribution in [3.05, 3.63) is 0 Å². The van der Waals surface area contributed by atoms with Gasteiger partial charge in [0.15, 0.2) is 0 Å². The predicted molar refractivity (Wildman–Crippen MR) is 125 cm³/mol. The first kappa shape index (κ1) is 27.1. The lowest BCUT2D eigenvalue weighted by molar-refractivity contribution is -0.142. The van der Waals surface area contributed by atoms with Crippen molar-refractivity contribution >= 4 is 23.8 Å². The molecule has 0 heterocycles. The van der Waals surface area contributed by atoms with Crippen LogP contribution in [0.3, 0.4) is 0 Å². The van der Waals surface area contributed by atoms with Gasteiger partial charge in [-0.15, -0.1) is 0 Å². The fraction of sp³-hybridized carbons (Fsp3) is 0.913. The molecule has 0 aromatic heterocycles. The molecule has 1 atom stereocenters. The summed E-state index contributed by atoms with van der Waals surface area (Å²) in [6.45, 7) is 5.24. The second-order valence-corrected chi connectivity index (χ2v) is 10.5. The van der Waals surface area contributed by atoms with Gasteiger partial charge in [0.25, 0.3) is 0 Å². The normalized spacial score (nSPS) is 19.4. The number of carboxylic acid groups (broad SMARTS) is 1. The van der Waals surface area contributed by atoms with Crippen LogP contribution < -0.4 is 5.32 Å². The number of aliphatic carboxylic acids is 1. The quantitative estimate of drug-likeness (QED) is 0.555. The van der Waals surface area contributed by atoms with E-state index in [1.165, 1.54) is 71.3 Å². The minimum Gasteiger partial charge on any atom is -0.480 e. The Kier molecular flexibility index (Phi) is 12.8. The van der Waals surface area contributed by atoms with Crippen LogP contribution in [0, 0.1) is 0 Å². The first-order chi connectivity index (χ1) is 14.1. The summed E-state index contributed by atoms with van der Waals surface area (Å²) in [7, 11) is 1.45. The molecular formula is C23H44N2O4S. The number of amides is 1. The van der Waals surface area contributed by atoms with Gasteiger partial charge in [-0.25, -0.2) is 9.59 Å². The minimum absolute atomic E-state index is 0.409. The fourth-order valence-electron chi connectivity index (χ4n) is 4.05. The van der Waals surface area contributed by atoms with Gasteiger partial charge < -0.3 is 15.2 Å². The topological polar surface area (TPSA) is 78.9 Å². The molecule has 176 valence electrons. The number of nitrogens with zero attached hydrogens (tertiary/aromatic N) is 1. The Hall–Kier alpha value is -0.950. The molecule has 0 bridgehead atoms. The van der Waals surface area contributed by atoms with E-state index in [1.54, 1.807) is 32.5 Å². The molecule has 0 spiro atoms. The molecule has 6 nitrogen and oxygen atoms in total. The predicted octanol–water partition coefficient (Wildman–Crippen LogP) is 5.30. The molecule has 0 radical (unpaired) electrons. The van der Waals surface area contributed by atoms with Crippen molar-refractivity contribution in [2.24, 2.45) is 0 Å². The maximum atomic E-state index is 11.7. The number of likely N-dealkylation sites (N-methyl/N-ethyl adjacent to an activating group) is 1. The molecule has 2 aliphatic rings. The van der Waals surface area contributed by atoms with Crippen molar-refractivity contribution < 1.29 is 19.4 Å². The zero-order valence-corrected chi connectivity index (χ0v) is 20.6. The summed E-state index contributed by atoms with van der Waals surface area (Å²) in [6.07, 6.45) is 16.3. The number of hydrogen-bond acceptors (Lipinski definition) is 5. The van der Waals surface area contributed by atoms with Gasteiger partial charge in [0.2, 0.25) is 0 Å². The Labute approximate surface area is 187 Å². The number of ether oxygens (including phenoxy) is 1. The molecule has 2 N–H and O–H groups in total. The van der Waals surface area contributed by atoms with Crippen molar-refractivity contribution in [3.63, 3.8) is 0 Å². The zero-order chi connectivity index (χ0) is 22.6. The Morgan fingerprint density at radius 3 is 1.87 bits per heavy atom. The van der Waals surface area contributed by atoms with E-state index >= 15 is 0 Å². The summed E-state index contributed by atoms with van der Waals surface area (Å²) in [4.78, 5) is 23.9.